The minimum absolute atomic E-state index is 0.197. The van der Waals surface area contributed by atoms with Crippen LogP contribution in [0.2, 0.25) is 0 Å². The first-order valence-electron chi connectivity index (χ1n) is 7.24. The third-order valence-corrected chi connectivity index (χ3v) is 3.49. The molecule has 118 valence electrons. The third-order valence-electron chi connectivity index (χ3n) is 3.49. The molecule has 1 amide bonds. The largest absolute Gasteiger partial charge is 0.393 e. The zero-order valence-electron chi connectivity index (χ0n) is 13.0. The van der Waals surface area contributed by atoms with Gasteiger partial charge in [0.1, 0.15) is 0 Å². The standard InChI is InChI=1S/C16H21N3O3/c1-10(20)8-16(2,3)9-17-15(22)13-11-6-4-5-7-12(11)14(21)19-18-13/h4-7,10,20H,8-9H2,1-3H3,(H,17,22)(H,19,21). The van der Waals surface area contributed by atoms with Gasteiger partial charge in [0, 0.05) is 11.9 Å². The van der Waals surface area contributed by atoms with E-state index in [2.05, 4.69) is 15.5 Å². The molecule has 0 aliphatic rings. The number of benzene rings is 1. The first kappa shape index (κ1) is 16.2. The van der Waals surface area contributed by atoms with Crippen molar-refractivity contribution in [1.29, 1.82) is 0 Å². The van der Waals surface area contributed by atoms with Crippen LogP contribution in [0, 0.1) is 5.41 Å². The van der Waals surface area contributed by atoms with Crippen LogP contribution in [0.3, 0.4) is 0 Å². The Morgan fingerprint density at radius 2 is 2.00 bits per heavy atom. The third kappa shape index (κ3) is 3.71. The van der Waals surface area contributed by atoms with Crippen molar-refractivity contribution in [2.75, 3.05) is 6.54 Å². The molecule has 3 N–H and O–H groups in total. The molecule has 2 rings (SSSR count). The number of fused-ring (bicyclic) bond motifs is 1. The highest BCUT2D eigenvalue weighted by molar-refractivity contribution is 6.04. The number of carbonyl (C=O) groups excluding carboxylic acids is 1. The van der Waals surface area contributed by atoms with Crippen molar-refractivity contribution in [3.05, 3.63) is 40.3 Å². The van der Waals surface area contributed by atoms with Crippen LogP contribution >= 0.6 is 0 Å². The van der Waals surface area contributed by atoms with Gasteiger partial charge in [0.05, 0.1) is 11.5 Å². The fraction of sp³-hybridized carbons (Fsp3) is 0.438. The number of carbonyl (C=O) groups is 1. The number of aliphatic hydroxyl groups excluding tert-OH is 1. The van der Waals surface area contributed by atoms with Gasteiger partial charge in [0.15, 0.2) is 5.69 Å². The average Bonchev–Trinajstić information content (AvgIpc) is 2.44. The number of amides is 1. The molecule has 0 saturated heterocycles. The SMILES string of the molecule is CC(O)CC(C)(C)CNC(=O)c1n[nH]c(=O)c2ccccc12. The Bertz CT molecular complexity index is 735. The summed E-state index contributed by atoms with van der Waals surface area (Å²) >= 11 is 0. The summed E-state index contributed by atoms with van der Waals surface area (Å²) in [6, 6.07) is 6.86. The Balaban J connectivity index is 2.21. The predicted molar refractivity (Wildman–Crippen MR) is 84.8 cm³/mol. The molecular formula is C16H21N3O3. The lowest BCUT2D eigenvalue weighted by Gasteiger charge is -2.26. The Hall–Kier alpha value is -2.21. The van der Waals surface area contributed by atoms with E-state index in [1.807, 2.05) is 13.8 Å². The summed E-state index contributed by atoms with van der Waals surface area (Å²) in [6.07, 6.45) is 0.145. The van der Waals surface area contributed by atoms with Crippen LogP contribution in [0.4, 0.5) is 0 Å². The molecule has 0 aliphatic heterocycles. The second-order valence-corrected chi connectivity index (χ2v) is 6.35. The quantitative estimate of drug-likeness (QED) is 0.779. The summed E-state index contributed by atoms with van der Waals surface area (Å²) in [7, 11) is 0. The van der Waals surface area contributed by atoms with Gasteiger partial charge < -0.3 is 10.4 Å². The van der Waals surface area contributed by atoms with Gasteiger partial charge in [-0.2, -0.15) is 5.10 Å². The Labute approximate surface area is 128 Å². The number of hydrogen-bond acceptors (Lipinski definition) is 4. The van der Waals surface area contributed by atoms with Crippen molar-refractivity contribution in [1.82, 2.24) is 15.5 Å². The van der Waals surface area contributed by atoms with Gasteiger partial charge in [-0.1, -0.05) is 32.0 Å². The number of nitrogens with one attached hydrogen (secondary N) is 2. The highest BCUT2D eigenvalue weighted by Crippen LogP contribution is 2.21. The number of H-pyrrole nitrogens is 1. The molecule has 6 heteroatoms. The van der Waals surface area contributed by atoms with Gasteiger partial charge in [0.25, 0.3) is 11.5 Å². The number of aliphatic hydroxyl groups is 1. The van der Waals surface area contributed by atoms with Crippen molar-refractivity contribution >= 4 is 16.7 Å². The van der Waals surface area contributed by atoms with Crippen molar-refractivity contribution in [2.24, 2.45) is 5.41 Å². The molecule has 1 unspecified atom stereocenters. The van der Waals surface area contributed by atoms with Crippen LogP contribution in [0.5, 0.6) is 0 Å². The van der Waals surface area contributed by atoms with Gasteiger partial charge in [-0.15, -0.1) is 0 Å². The molecule has 0 saturated carbocycles. The fourth-order valence-electron chi connectivity index (χ4n) is 2.56. The van der Waals surface area contributed by atoms with Crippen molar-refractivity contribution < 1.29 is 9.90 Å². The van der Waals surface area contributed by atoms with E-state index in [0.29, 0.717) is 23.7 Å². The minimum atomic E-state index is -0.432. The van der Waals surface area contributed by atoms with Crippen LogP contribution in [-0.4, -0.2) is 33.9 Å². The summed E-state index contributed by atoms with van der Waals surface area (Å²) in [4.78, 5) is 24.1. The molecule has 0 fully saturated rings. The van der Waals surface area contributed by atoms with Gasteiger partial charge >= 0.3 is 0 Å². The minimum Gasteiger partial charge on any atom is -0.393 e. The molecule has 1 aromatic heterocycles. The lowest BCUT2D eigenvalue weighted by atomic mass is 9.87. The van der Waals surface area contributed by atoms with Crippen molar-refractivity contribution in [3.8, 4) is 0 Å². The maximum Gasteiger partial charge on any atom is 0.272 e. The van der Waals surface area contributed by atoms with E-state index >= 15 is 0 Å². The van der Waals surface area contributed by atoms with E-state index in [4.69, 9.17) is 0 Å². The van der Waals surface area contributed by atoms with E-state index in [1.165, 1.54) is 0 Å². The number of aromatic amines is 1. The molecule has 6 nitrogen and oxygen atoms in total. The molecule has 2 aromatic rings. The molecule has 0 aliphatic carbocycles. The van der Waals surface area contributed by atoms with Crippen molar-refractivity contribution in [3.63, 3.8) is 0 Å². The van der Waals surface area contributed by atoms with Gasteiger partial charge in [-0.3, -0.25) is 9.59 Å². The van der Waals surface area contributed by atoms with Crippen LogP contribution in [0.1, 0.15) is 37.7 Å². The van der Waals surface area contributed by atoms with E-state index in [-0.39, 0.29) is 22.6 Å². The summed E-state index contributed by atoms with van der Waals surface area (Å²) in [5.74, 6) is -0.342. The molecule has 22 heavy (non-hydrogen) atoms. The Morgan fingerprint density at radius 1 is 1.36 bits per heavy atom. The van der Waals surface area contributed by atoms with Crippen LogP contribution in [-0.2, 0) is 0 Å². The van der Waals surface area contributed by atoms with Crippen LogP contribution in [0.15, 0.2) is 29.1 Å². The lowest BCUT2D eigenvalue weighted by Crippen LogP contribution is -2.36. The Kier molecular flexibility index (Phi) is 4.61. The lowest BCUT2D eigenvalue weighted by molar-refractivity contribution is 0.0898. The maximum absolute atomic E-state index is 12.3. The molecule has 0 spiro atoms. The molecular weight excluding hydrogens is 282 g/mol. The Morgan fingerprint density at radius 3 is 2.64 bits per heavy atom. The van der Waals surface area contributed by atoms with E-state index in [0.717, 1.165) is 0 Å². The number of nitrogens with zero attached hydrogens (tertiary/aromatic N) is 1. The molecule has 1 heterocycles. The number of hydrogen-bond donors (Lipinski definition) is 3. The smallest absolute Gasteiger partial charge is 0.272 e. The highest BCUT2D eigenvalue weighted by atomic mass is 16.3. The first-order valence-corrected chi connectivity index (χ1v) is 7.24. The van der Waals surface area contributed by atoms with Gasteiger partial charge in [-0.25, -0.2) is 5.10 Å². The summed E-state index contributed by atoms with van der Waals surface area (Å²) < 4.78 is 0. The zero-order valence-corrected chi connectivity index (χ0v) is 13.0. The van der Waals surface area contributed by atoms with E-state index in [9.17, 15) is 14.7 Å². The summed E-state index contributed by atoms with van der Waals surface area (Å²) in [6.45, 7) is 6.07. The van der Waals surface area contributed by atoms with Crippen LogP contribution in [0.25, 0.3) is 10.8 Å². The predicted octanol–water partition coefficient (Wildman–Crippen LogP) is 1.45. The molecule has 0 radical (unpaired) electrons. The average molecular weight is 303 g/mol. The second kappa shape index (κ2) is 6.27. The normalized spacial score (nSPS) is 13.1. The van der Waals surface area contributed by atoms with E-state index < -0.39 is 6.10 Å². The molecule has 0 bridgehead atoms. The van der Waals surface area contributed by atoms with Crippen molar-refractivity contribution in [2.45, 2.75) is 33.3 Å². The highest BCUT2D eigenvalue weighted by Gasteiger charge is 2.22. The molecule has 1 atom stereocenters. The fourth-order valence-corrected chi connectivity index (χ4v) is 2.56. The summed E-state index contributed by atoms with van der Waals surface area (Å²) in [5.41, 5.74) is -0.355. The first-order chi connectivity index (χ1) is 10.3. The maximum atomic E-state index is 12.3. The van der Waals surface area contributed by atoms with E-state index in [1.54, 1.807) is 31.2 Å². The topological polar surface area (TPSA) is 95.1 Å². The zero-order chi connectivity index (χ0) is 16.3. The van der Waals surface area contributed by atoms with Crippen LogP contribution < -0.4 is 10.9 Å². The number of rotatable bonds is 5. The monoisotopic (exact) mass is 303 g/mol. The van der Waals surface area contributed by atoms with Gasteiger partial charge in [-0.05, 0) is 24.8 Å². The summed E-state index contributed by atoms with van der Waals surface area (Å²) in [5, 5.41) is 19.5. The van der Waals surface area contributed by atoms with Gasteiger partial charge in [0.2, 0.25) is 0 Å². The number of aromatic nitrogens is 2. The second-order valence-electron chi connectivity index (χ2n) is 6.35. The molecule has 1 aromatic carbocycles.